The zero-order valence-electron chi connectivity index (χ0n) is 14.7. The number of amides is 1. The number of nitrogens with zero attached hydrogens (tertiary/aromatic N) is 3. The highest BCUT2D eigenvalue weighted by molar-refractivity contribution is 5.81. The van der Waals surface area contributed by atoms with E-state index in [1.165, 1.54) is 12.8 Å². The van der Waals surface area contributed by atoms with Gasteiger partial charge in [-0.3, -0.25) is 4.79 Å². The molecule has 2 aliphatic rings. The predicted octanol–water partition coefficient (Wildman–Crippen LogP) is 3.11. The summed E-state index contributed by atoms with van der Waals surface area (Å²) in [5.41, 5.74) is 0.744. The Morgan fingerprint density at radius 2 is 1.83 bits per heavy atom. The first-order valence-electron chi connectivity index (χ1n) is 8.74. The molecular weight excluding hydrogens is 288 g/mol. The maximum Gasteiger partial charge on any atom is 0.227 e. The molecule has 1 aromatic heterocycles. The van der Waals surface area contributed by atoms with Gasteiger partial charge in [-0.15, -0.1) is 0 Å². The molecule has 126 valence electrons. The number of nitrogens with one attached hydrogen (secondary N) is 1. The van der Waals surface area contributed by atoms with Crippen LogP contribution in [0.1, 0.15) is 63.9 Å². The highest BCUT2D eigenvalue weighted by Crippen LogP contribution is 2.38. The highest BCUT2D eigenvalue weighted by Gasteiger charge is 2.31. The lowest BCUT2D eigenvalue weighted by molar-refractivity contribution is -0.140. The van der Waals surface area contributed by atoms with Crippen LogP contribution in [0.15, 0.2) is 6.07 Å². The number of carbonyl (C=O) groups excluding carboxylic acids is 1. The van der Waals surface area contributed by atoms with E-state index in [9.17, 15) is 4.79 Å². The molecule has 1 saturated heterocycles. The summed E-state index contributed by atoms with van der Waals surface area (Å²) < 4.78 is 0. The minimum absolute atomic E-state index is 0.254. The van der Waals surface area contributed by atoms with Crippen molar-refractivity contribution < 1.29 is 4.79 Å². The van der Waals surface area contributed by atoms with Crippen molar-refractivity contribution >= 4 is 11.7 Å². The van der Waals surface area contributed by atoms with Gasteiger partial charge in [0.05, 0.1) is 0 Å². The van der Waals surface area contributed by atoms with Gasteiger partial charge in [-0.2, -0.15) is 0 Å². The number of rotatable bonds is 3. The van der Waals surface area contributed by atoms with Crippen LogP contribution >= 0.6 is 0 Å². The number of piperidine rings is 1. The SMILES string of the molecule is Cc1cc(NC2CCN(C(=O)C(C)(C)C)CC2)nc(C2CC2)n1. The van der Waals surface area contributed by atoms with Crippen LogP contribution in [0, 0.1) is 12.3 Å². The van der Waals surface area contributed by atoms with Crippen LogP contribution in [0.5, 0.6) is 0 Å². The number of hydrogen-bond donors (Lipinski definition) is 1. The summed E-state index contributed by atoms with van der Waals surface area (Å²) in [5, 5.41) is 3.55. The lowest BCUT2D eigenvalue weighted by atomic mass is 9.93. The Morgan fingerprint density at radius 3 is 2.39 bits per heavy atom. The first kappa shape index (κ1) is 16.2. The molecule has 0 radical (unpaired) electrons. The fourth-order valence-electron chi connectivity index (χ4n) is 3.10. The van der Waals surface area contributed by atoms with Gasteiger partial charge < -0.3 is 10.2 Å². The molecule has 0 spiro atoms. The third-order valence-corrected chi connectivity index (χ3v) is 4.59. The minimum Gasteiger partial charge on any atom is -0.367 e. The number of aryl methyl sites for hydroxylation is 1. The fourth-order valence-corrected chi connectivity index (χ4v) is 3.10. The molecule has 1 aliphatic heterocycles. The van der Waals surface area contributed by atoms with Crippen molar-refractivity contribution in [3.8, 4) is 0 Å². The van der Waals surface area contributed by atoms with E-state index in [0.29, 0.717) is 12.0 Å². The molecule has 0 aromatic carbocycles. The lowest BCUT2D eigenvalue weighted by Crippen LogP contribution is -2.46. The smallest absolute Gasteiger partial charge is 0.227 e. The summed E-state index contributed by atoms with van der Waals surface area (Å²) in [4.78, 5) is 23.6. The number of likely N-dealkylation sites (tertiary alicyclic amines) is 1. The van der Waals surface area contributed by atoms with Gasteiger partial charge in [0.1, 0.15) is 11.6 Å². The normalized spacial score (nSPS) is 19.7. The molecule has 1 aliphatic carbocycles. The second-order valence-electron chi connectivity index (χ2n) is 7.99. The van der Waals surface area contributed by atoms with E-state index in [2.05, 4.69) is 15.3 Å². The van der Waals surface area contributed by atoms with E-state index < -0.39 is 0 Å². The Hall–Kier alpha value is -1.65. The molecule has 0 atom stereocenters. The van der Waals surface area contributed by atoms with Crippen LogP contribution in [0.3, 0.4) is 0 Å². The monoisotopic (exact) mass is 316 g/mol. The third kappa shape index (κ3) is 4.01. The van der Waals surface area contributed by atoms with Crippen LogP contribution in [0.25, 0.3) is 0 Å². The summed E-state index contributed by atoms with van der Waals surface area (Å²) in [5.74, 6) is 2.76. The maximum absolute atomic E-state index is 12.3. The molecule has 5 heteroatoms. The first-order valence-corrected chi connectivity index (χ1v) is 8.74. The van der Waals surface area contributed by atoms with Gasteiger partial charge in [0.2, 0.25) is 5.91 Å². The van der Waals surface area contributed by atoms with Crippen LogP contribution in [-0.4, -0.2) is 39.9 Å². The van der Waals surface area contributed by atoms with Gasteiger partial charge in [0, 0.05) is 42.2 Å². The van der Waals surface area contributed by atoms with Crippen LogP contribution in [-0.2, 0) is 4.79 Å². The van der Waals surface area contributed by atoms with E-state index in [-0.39, 0.29) is 11.3 Å². The number of aromatic nitrogens is 2. The Labute approximate surface area is 138 Å². The summed E-state index contributed by atoms with van der Waals surface area (Å²) in [7, 11) is 0. The molecule has 1 saturated carbocycles. The average molecular weight is 316 g/mol. The molecule has 3 rings (SSSR count). The van der Waals surface area contributed by atoms with E-state index in [1.54, 1.807) is 0 Å². The minimum atomic E-state index is -0.288. The molecule has 1 aromatic rings. The second kappa shape index (κ2) is 6.10. The molecule has 2 heterocycles. The molecule has 5 nitrogen and oxygen atoms in total. The van der Waals surface area contributed by atoms with Crippen LogP contribution in [0.2, 0.25) is 0 Å². The van der Waals surface area contributed by atoms with E-state index in [0.717, 1.165) is 43.3 Å². The standard InChI is InChI=1S/C18H28N4O/c1-12-11-15(21-16(19-12)13-5-6-13)20-14-7-9-22(10-8-14)17(23)18(2,3)4/h11,13-14H,5-10H2,1-4H3,(H,19,20,21). The molecule has 1 N–H and O–H groups in total. The van der Waals surface area contributed by atoms with Gasteiger partial charge in [-0.05, 0) is 32.6 Å². The zero-order valence-corrected chi connectivity index (χ0v) is 14.7. The van der Waals surface area contributed by atoms with Crippen molar-refractivity contribution in [3.63, 3.8) is 0 Å². The van der Waals surface area contributed by atoms with Crippen molar-refractivity contribution in [3.05, 3.63) is 17.6 Å². The summed E-state index contributed by atoms with van der Waals surface area (Å²) in [6, 6.07) is 2.42. The van der Waals surface area contributed by atoms with Gasteiger partial charge in [-0.25, -0.2) is 9.97 Å². The van der Waals surface area contributed by atoms with Gasteiger partial charge >= 0.3 is 0 Å². The average Bonchev–Trinajstić information content (AvgIpc) is 3.30. The Morgan fingerprint density at radius 1 is 1.17 bits per heavy atom. The van der Waals surface area contributed by atoms with Crippen LogP contribution in [0.4, 0.5) is 5.82 Å². The van der Waals surface area contributed by atoms with Crippen LogP contribution < -0.4 is 5.32 Å². The first-order chi connectivity index (χ1) is 10.8. The van der Waals surface area contributed by atoms with Crippen molar-refractivity contribution in [2.24, 2.45) is 5.41 Å². The molecule has 2 fully saturated rings. The molecule has 23 heavy (non-hydrogen) atoms. The van der Waals surface area contributed by atoms with Crippen molar-refractivity contribution in [1.29, 1.82) is 0 Å². The zero-order chi connectivity index (χ0) is 16.6. The molecule has 1 amide bonds. The Bertz CT molecular complexity index is 581. The largest absolute Gasteiger partial charge is 0.367 e. The van der Waals surface area contributed by atoms with Gasteiger partial charge in [-0.1, -0.05) is 20.8 Å². The number of anilines is 1. The number of hydrogen-bond acceptors (Lipinski definition) is 4. The van der Waals surface area contributed by atoms with E-state index in [1.807, 2.05) is 38.7 Å². The van der Waals surface area contributed by atoms with E-state index >= 15 is 0 Å². The Kier molecular flexibility index (Phi) is 4.30. The van der Waals surface area contributed by atoms with Crippen molar-refractivity contribution in [1.82, 2.24) is 14.9 Å². The Balaban J connectivity index is 1.58. The van der Waals surface area contributed by atoms with Gasteiger partial charge in [0.15, 0.2) is 0 Å². The fraction of sp³-hybridized carbons (Fsp3) is 0.722. The predicted molar refractivity (Wildman–Crippen MR) is 91.4 cm³/mol. The summed E-state index contributed by atoms with van der Waals surface area (Å²) >= 11 is 0. The summed E-state index contributed by atoms with van der Waals surface area (Å²) in [6.07, 6.45) is 4.39. The molecule has 0 bridgehead atoms. The maximum atomic E-state index is 12.3. The lowest BCUT2D eigenvalue weighted by Gasteiger charge is -2.36. The van der Waals surface area contributed by atoms with Crippen molar-refractivity contribution in [2.45, 2.75) is 65.3 Å². The topological polar surface area (TPSA) is 58.1 Å². The van der Waals surface area contributed by atoms with Crippen molar-refractivity contribution in [2.75, 3.05) is 18.4 Å². The number of carbonyl (C=O) groups is 1. The second-order valence-corrected chi connectivity index (χ2v) is 7.99. The van der Waals surface area contributed by atoms with E-state index in [4.69, 9.17) is 0 Å². The molecule has 0 unspecified atom stereocenters. The third-order valence-electron chi connectivity index (χ3n) is 4.59. The van der Waals surface area contributed by atoms with Gasteiger partial charge in [0.25, 0.3) is 0 Å². The molecular formula is C18H28N4O. The highest BCUT2D eigenvalue weighted by atomic mass is 16.2. The quantitative estimate of drug-likeness (QED) is 0.931. The summed E-state index contributed by atoms with van der Waals surface area (Å²) in [6.45, 7) is 9.65.